The zero-order valence-corrected chi connectivity index (χ0v) is 16.7. The summed E-state index contributed by atoms with van der Waals surface area (Å²) in [5.41, 5.74) is 2.08. The molecule has 0 aliphatic heterocycles. The van der Waals surface area contributed by atoms with E-state index in [4.69, 9.17) is 4.74 Å². The molecule has 1 fully saturated rings. The van der Waals surface area contributed by atoms with Crippen molar-refractivity contribution in [1.29, 1.82) is 5.26 Å². The molecule has 0 bridgehead atoms. The normalized spacial score (nSPS) is 13.7. The van der Waals surface area contributed by atoms with Gasteiger partial charge in [-0.05, 0) is 49.1 Å². The first-order chi connectivity index (χ1) is 14.9. The van der Waals surface area contributed by atoms with E-state index < -0.39 is 10.3 Å². The Morgan fingerprint density at radius 3 is 2.68 bits per heavy atom. The third-order valence-electron chi connectivity index (χ3n) is 5.23. The van der Waals surface area contributed by atoms with E-state index in [1.165, 1.54) is 12.1 Å². The molecule has 1 N–H and O–H groups in total. The minimum absolute atomic E-state index is 0.128. The van der Waals surface area contributed by atoms with Gasteiger partial charge in [0.1, 0.15) is 11.9 Å². The number of nitro groups is 1. The molecule has 1 amide bonds. The van der Waals surface area contributed by atoms with Gasteiger partial charge in [-0.15, -0.1) is 0 Å². The van der Waals surface area contributed by atoms with E-state index >= 15 is 0 Å². The molecule has 0 spiro atoms. The van der Waals surface area contributed by atoms with Crippen molar-refractivity contribution in [3.63, 3.8) is 0 Å². The number of hydrogen-bond acceptors (Lipinski definition) is 6. The molecule has 0 radical (unpaired) electrons. The fourth-order valence-corrected chi connectivity index (χ4v) is 3.19. The van der Waals surface area contributed by atoms with E-state index in [0.717, 1.165) is 30.2 Å². The summed E-state index contributed by atoms with van der Waals surface area (Å²) in [6.07, 6.45) is 2.74. The van der Waals surface area contributed by atoms with E-state index in [1.54, 1.807) is 36.4 Å². The summed E-state index contributed by atoms with van der Waals surface area (Å²) >= 11 is 0. The SMILES string of the molecule is Cc1ccc(NC(=O)c2cccc(C3(C#N)CC3)c2)cc1Oc1ccc([N+](=O)[O-])cn1. The van der Waals surface area contributed by atoms with Crippen LogP contribution in [-0.4, -0.2) is 15.8 Å². The van der Waals surface area contributed by atoms with Crippen molar-refractivity contribution in [2.75, 3.05) is 5.32 Å². The Balaban J connectivity index is 1.51. The summed E-state index contributed by atoms with van der Waals surface area (Å²) in [7, 11) is 0. The van der Waals surface area contributed by atoms with E-state index in [-0.39, 0.29) is 17.5 Å². The highest BCUT2D eigenvalue weighted by atomic mass is 16.6. The van der Waals surface area contributed by atoms with E-state index in [2.05, 4.69) is 16.4 Å². The number of nitrogens with zero attached hydrogens (tertiary/aromatic N) is 3. The number of anilines is 1. The Labute approximate surface area is 178 Å². The Kier molecular flexibility index (Phi) is 5.09. The van der Waals surface area contributed by atoms with Gasteiger partial charge in [0.05, 0.1) is 16.4 Å². The topological polar surface area (TPSA) is 118 Å². The fourth-order valence-electron chi connectivity index (χ4n) is 3.19. The molecule has 0 atom stereocenters. The number of ether oxygens (including phenoxy) is 1. The van der Waals surface area contributed by atoms with E-state index in [1.807, 2.05) is 13.0 Å². The maximum atomic E-state index is 12.7. The van der Waals surface area contributed by atoms with Crippen LogP contribution in [0.3, 0.4) is 0 Å². The quantitative estimate of drug-likeness (QED) is 0.453. The number of benzene rings is 2. The molecular formula is C23H18N4O4. The van der Waals surface area contributed by atoms with Crippen LogP contribution < -0.4 is 10.1 Å². The summed E-state index contributed by atoms with van der Waals surface area (Å²) in [5, 5.41) is 23.0. The number of aromatic nitrogens is 1. The largest absolute Gasteiger partial charge is 0.439 e. The summed E-state index contributed by atoms with van der Waals surface area (Å²) in [6, 6.07) is 17.4. The van der Waals surface area contributed by atoms with Gasteiger partial charge in [0.2, 0.25) is 5.88 Å². The van der Waals surface area contributed by atoms with Crippen molar-refractivity contribution in [3.8, 4) is 17.7 Å². The average Bonchev–Trinajstić information content (AvgIpc) is 3.58. The lowest BCUT2D eigenvalue weighted by Crippen LogP contribution is -2.13. The molecule has 0 saturated heterocycles. The van der Waals surface area contributed by atoms with Crippen LogP contribution >= 0.6 is 0 Å². The Morgan fingerprint density at radius 1 is 1.23 bits per heavy atom. The number of hydrogen-bond donors (Lipinski definition) is 1. The number of carbonyl (C=O) groups excluding carboxylic acids is 1. The molecule has 3 aromatic rings. The van der Waals surface area contributed by atoms with E-state index in [0.29, 0.717) is 17.0 Å². The lowest BCUT2D eigenvalue weighted by Gasteiger charge is -2.12. The average molecular weight is 414 g/mol. The molecule has 4 rings (SSSR count). The van der Waals surface area contributed by atoms with Gasteiger partial charge in [0.25, 0.3) is 11.6 Å². The second kappa shape index (κ2) is 7.88. The van der Waals surface area contributed by atoms with Crippen molar-refractivity contribution in [3.05, 3.63) is 87.6 Å². The maximum Gasteiger partial charge on any atom is 0.287 e. The number of carbonyl (C=O) groups is 1. The molecule has 8 nitrogen and oxygen atoms in total. The van der Waals surface area contributed by atoms with Crippen LogP contribution in [0.5, 0.6) is 11.6 Å². The highest BCUT2D eigenvalue weighted by Crippen LogP contribution is 2.47. The number of pyridine rings is 1. The third-order valence-corrected chi connectivity index (χ3v) is 5.23. The van der Waals surface area contributed by atoms with Crippen LogP contribution in [0, 0.1) is 28.4 Å². The number of rotatable bonds is 6. The van der Waals surface area contributed by atoms with Crippen molar-refractivity contribution in [2.24, 2.45) is 0 Å². The molecule has 1 aromatic heterocycles. The highest BCUT2D eigenvalue weighted by molar-refractivity contribution is 6.04. The number of nitriles is 1. The monoisotopic (exact) mass is 414 g/mol. The Morgan fingerprint density at radius 2 is 2.03 bits per heavy atom. The minimum atomic E-state index is -0.533. The van der Waals surface area contributed by atoms with Crippen molar-refractivity contribution < 1.29 is 14.5 Å². The molecule has 0 unspecified atom stereocenters. The lowest BCUT2D eigenvalue weighted by atomic mass is 9.96. The zero-order valence-electron chi connectivity index (χ0n) is 16.7. The van der Waals surface area contributed by atoms with Gasteiger partial charge in [-0.2, -0.15) is 5.26 Å². The molecule has 31 heavy (non-hydrogen) atoms. The van der Waals surface area contributed by atoms with Crippen LogP contribution in [0.25, 0.3) is 0 Å². The molecule has 154 valence electrons. The number of nitrogens with one attached hydrogen (secondary N) is 1. The van der Waals surface area contributed by atoms with Gasteiger partial charge in [-0.25, -0.2) is 4.98 Å². The summed E-state index contributed by atoms with van der Waals surface area (Å²) in [4.78, 5) is 26.9. The van der Waals surface area contributed by atoms with Crippen molar-refractivity contribution in [1.82, 2.24) is 4.98 Å². The smallest absolute Gasteiger partial charge is 0.287 e. The Bertz CT molecular complexity index is 1210. The first-order valence-corrected chi connectivity index (χ1v) is 9.62. The van der Waals surface area contributed by atoms with Crippen LogP contribution in [0.1, 0.15) is 34.3 Å². The first-order valence-electron chi connectivity index (χ1n) is 9.62. The van der Waals surface area contributed by atoms with Crippen molar-refractivity contribution in [2.45, 2.75) is 25.2 Å². The van der Waals surface area contributed by atoms with Crippen LogP contribution in [0.4, 0.5) is 11.4 Å². The van der Waals surface area contributed by atoms with Gasteiger partial charge >= 0.3 is 0 Å². The second-order valence-electron chi connectivity index (χ2n) is 7.42. The summed E-state index contributed by atoms with van der Waals surface area (Å²) in [6.45, 7) is 1.84. The number of amides is 1. The standard InChI is InChI=1S/C23H18N4O4/c1-15-5-6-18(12-20(15)31-21-8-7-19(13-25-21)27(29)30)26-22(28)16-3-2-4-17(11-16)23(14-24)9-10-23/h2-8,11-13H,9-10H2,1H3,(H,26,28). The van der Waals surface area contributed by atoms with E-state index in [9.17, 15) is 20.2 Å². The predicted octanol–water partition coefficient (Wildman–Crippen LogP) is 4.90. The summed E-state index contributed by atoms with van der Waals surface area (Å²) < 4.78 is 5.74. The molecule has 1 aliphatic rings. The lowest BCUT2D eigenvalue weighted by molar-refractivity contribution is -0.385. The maximum absolute atomic E-state index is 12.7. The van der Waals surface area contributed by atoms with Gasteiger partial charge in [-0.1, -0.05) is 18.2 Å². The Hall–Kier alpha value is -4.25. The second-order valence-corrected chi connectivity index (χ2v) is 7.42. The molecular weight excluding hydrogens is 396 g/mol. The first kappa shape index (κ1) is 20.0. The molecule has 8 heteroatoms. The van der Waals surface area contributed by atoms with Gasteiger partial charge in [0, 0.05) is 29.4 Å². The van der Waals surface area contributed by atoms with Crippen LogP contribution in [-0.2, 0) is 5.41 Å². The molecule has 1 saturated carbocycles. The predicted molar refractivity (Wildman–Crippen MR) is 113 cm³/mol. The molecule has 1 aliphatic carbocycles. The van der Waals surface area contributed by atoms with Crippen molar-refractivity contribution >= 4 is 17.3 Å². The van der Waals surface area contributed by atoms with Gasteiger partial charge < -0.3 is 10.1 Å². The third kappa shape index (κ3) is 4.21. The fraction of sp³-hybridized carbons (Fsp3) is 0.174. The highest BCUT2D eigenvalue weighted by Gasteiger charge is 2.45. The van der Waals surface area contributed by atoms with Crippen LogP contribution in [0.15, 0.2) is 60.8 Å². The summed E-state index contributed by atoms with van der Waals surface area (Å²) in [5.74, 6) is 0.379. The van der Waals surface area contributed by atoms with Gasteiger partial charge in [0.15, 0.2) is 0 Å². The molecule has 1 heterocycles. The molecule has 2 aromatic carbocycles. The van der Waals surface area contributed by atoms with Gasteiger partial charge in [-0.3, -0.25) is 14.9 Å². The number of aryl methyl sites for hydroxylation is 1. The zero-order chi connectivity index (χ0) is 22.0. The van der Waals surface area contributed by atoms with Crippen LogP contribution in [0.2, 0.25) is 0 Å². The minimum Gasteiger partial charge on any atom is -0.439 e.